The highest BCUT2D eigenvalue weighted by Crippen LogP contribution is 2.69. The number of rotatable bonds is 5. The van der Waals surface area contributed by atoms with Crippen LogP contribution in [0.15, 0.2) is 0 Å². The molecule has 4 fully saturated rings. The summed E-state index contributed by atoms with van der Waals surface area (Å²) in [5, 5.41) is 87.6. The standard InChI is InChI=1S/C27H46O9/c1-23(2,34)20(32)10-21(33)26(5,35)19-6-7-27(36)14-9-15(28)13-8-16(29)17(30)11-24(13,3)22(14)18(31)12-25(19,27)4/h13-14,16-22,29-36H,6-12H2,1-5H3/t13-,14?,16+,17-,18+,19-,20+,21+,22-,24-,25+,26+,27-/m0/s1. The monoisotopic (exact) mass is 514 g/mol. The molecule has 0 spiro atoms. The molecule has 4 aliphatic carbocycles. The van der Waals surface area contributed by atoms with Crippen molar-refractivity contribution in [2.24, 2.45) is 34.5 Å². The minimum absolute atomic E-state index is 0.0473. The minimum Gasteiger partial charge on any atom is -0.393 e. The first kappa shape index (κ1) is 28.4. The van der Waals surface area contributed by atoms with E-state index in [0.717, 1.165) is 0 Å². The number of carbonyl (C=O) groups is 1. The molecule has 4 aliphatic rings. The van der Waals surface area contributed by atoms with E-state index in [-0.39, 0.29) is 44.3 Å². The molecule has 13 atom stereocenters. The number of hydrogen-bond donors (Lipinski definition) is 8. The fourth-order valence-corrected chi connectivity index (χ4v) is 9.05. The highest BCUT2D eigenvalue weighted by atomic mass is 16.4. The summed E-state index contributed by atoms with van der Waals surface area (Å²) in [7, 11) is 0. The second-order valence-corrected chi connectivity index (χ2v) is 13.8. The molecular formula is C27H46O9. The molecule has 4 rings (SSSR count). The molecule has 0 bridgehead atoms. The molecule has 208 valence electrons. The Labute approximate surface area is 213 Å². The molecule has 9 nitrogen and oxygen atoms in total. The van der Waals surface area contributed by atoms with Crippen LogP contribution in [0.3, 0.4) is 0 Å². The smallest absolute Gasteiger partial charge is 0.137 e. The minimum atomic E-state index is -1.74. The maximum atomic E-state index is 13.4. The quantitative estimate of drug-likeness (QED) is 0.248. The molecule has 0 radical (unpaired) electrons. The van der Waals surface area contributed by atoms with E-state index in [2.05, 4.69) is 0 Å². The topological polar surface area (TPSA) is 179 Å². The summed E-state index contributed by atoms with van der Waals surface area (Å²) in [4.78, 5) is 13.4. The van der Waals surface area contributed by atoms with Gasteiger partial charge in [-0.15, -0.1) is 0 Å². The summed E-state index contributed by atoms with van der Waals surface area (Å²) in [5.41, 5.74) is -6.43. The van der Waals surface area contributed by atoms with Crippen molar-refractivity contribution in [1.82, 2.24) is 0 Å². The highest BCUT2D eigenvalue weighted by Gasteiger charge is 2.73. The van der Waals surface area contributed by atoms with Gasteiger partial charge in [-0.3, -0.25) is 4.79 Å². The summed E-state index contributed by atoms with van der Waals surface area (Å²) < 4.78 is 0. The average Bonchev–Trinajstić information content (AvgIpc) is 3.01. The zero-order valence-electron chi connectivity index (χ0n) is 22.1. The van der Waals surface area contributed by atoms with Crippen molar-refractivity contribution < 1.29 is 45.6 Å². The normalized spacial score (nSPS) is 50.5. The maximum absolute atomic E-state index is 13.4. The number of ketones is 1. The fourth-order valence-electron chi connectivity index (χ4n) is 9.05. The number of Topliss-reactive ketones (excluding diaryl/α,β-unsaturated/α-hetero) is 1. The van der Waals surface area contributed by atoms with E-state index < -0.39 is 81.8 Å². The van der Waals surface area contributed by atoms with Gasteiger partial charge in [0.1, 0.15) is 5.78 Å². The van der Waals surface area contributed by atoms with Crippen molar-refractivity contribution in [3.05, 3.63) is 0 Å². The van der Waals surface area contributed by atoms with Crippen LogP contribution in [0, 0.1) is 34.5 Å². The number of aliphatic hydroxyl groups is 8. The summed E-state index contributed by atoms with van der Waals surface area (Å²) in [5.74, 6) is -2.30. The van der Waals surface area contributed by atoms with Gasteiger partial charge in [-0.05, 0) is 70.1 Å². The van der Waals surface area contributed by atoms with E-state index in [0.29, 0.717) is 6.42 Å². The zero-order valence-corrected chi connectivity index (χ0v) is 22.1. The van der Waals surface area contributed by atoms with Crippen molar-refractivity contribution in [2.45, 2.75) is 127 Å². The molecule has 1 unspecified atom stereocenters. The Bertz CT molecular complexity index is 870. The largest absolute Gasteiger partial charge is 0.393 e. The fraction of sp³-hybridized carbons (Fsp3) is 0.963. The van der Waals surface area contributed by atoms with Crippen LogP contribution in [0.25, 0.3) is 0 Å². The van der Waals surface area contributed by atoms with Gasteiger partial charge in [-0.1, -0.05) is 13.8 Å². The predicted molar refractivity (Wildman–Crippen MR) is 129 cm³/mol. The Morgan fingerprint density at radius 1 is 0.972 bits per heavy atom. The summed E-state index contributed by atoms with van der Waals surface area (Å²) in [6, 6.07) is 0. The molecular weight excluding hydrogens is 468 g/mol. The molecule has 8 N–H and O–H groups in total. The highest BCUT2D eigenvalue weighted by molar-refractivity contribution is 5.83. The number of hydrogen-bond acceptors (Lipinski definition) is 9. The SMILES string of the molecule is CC(C)(O)[C@H](O)C[C@@H](O)[C@](C)(O)[C@H]1CC[C@]2(O)C3CC(=O)[C@@H]4C[C@@H](O)[C@@H](O)C[C@]4(C)[C@@H]3[C@H](O)C[C@]12C. The lowest BCUT2D eigenvalue weighted by Crippen LogP contribution is -2.70. The van der Waals surface area contributed by atoms with Crippen LogP contribution in [0.5, 0.6) is 0 Å². The van der Waals surface area contributed by atoms with Crippen LogP contribution in [0.4, 0.5) is 0 Å². The molecule has 0 saturated heterocycles. The van der Waals surface area contributed by atoms with Crippen molar-refractivity contribution in [3.8, 4) is 0 Å². The van der Waals surface area contributed by atoms with Crippen molar-refractivity contribution in [2.75, 3.05) is 0 Å². The van der Waals surface area contributed by atoms with Crippen LogP contribution in [-0.4, -0.2) is 94.0 Å². The zero-order chi connectivity index (χ0) is 27.2. The Hall–Kier alpha value is -0.650. The Morgan fingerprint density at radius 2 is 1.58 bits per heavy atom. The van der Waals surface area contributed by atoms with Crippen molar-refractivity contribution >= 4 is 5.78 Å². The third-order valence-electron chi connectivity index (χ3n) is 11.2. The van der Waals surface area contributed by atoms with Crippen LogP contribution in [0.2, 0.25) is 0 Å². The first-order valence-electron chi connectivity index (χ1n) is 13.4. The lowest BCUT2D eigenvalue weighted by Gasteiger charge is -2.65. The first-order chi connectivity index (χ1) is 16.3. The van der Waals surface area contributed by atoms with E-state index in [1.165, 1.54) is 20.8 Å². The van der Waals surface area contributed by atoms with Gasteiger partial charge in [-0.2, -0.15) is 0 Å². The lowest BCUT2D eigenvalue weighted by atomic mass is 9.41. The molecule has 4 saturated carbocycles. The number of aliphatic hydroxyl groups excluding tert-OH is 5. The molecule has 36 heavy (non-hydrogen) atoms. The molecule has 0 aliphatic heterocycles. The van der Waals surface area contributed by atoms with Gasteiger partial charge in [0, 0.05) is 30.1 Å². The molecule has 0 aromatic heterocycles. The van der Waals surface area contributed by atoms with Gasteiger partial charge in [-0.25, -0.2) is 0 Å². The molecule has 0 aromatic rings. The summed E-state index contributed by atoms with van der Waals surface area (Å²) in [6.07, 6.45) is -4.77. The van der Waals surface area contributed by atoms with E-state index >= 15 is 0 Å². The summed E-state index contributed by atoms with van der Waals surface area (Å²) >= 11 is 0. The van der Waals surface area contributed by atoms with E-state index in [1.54, 1.807) is 6.92 Å². The first-order valence-corrected chi connectivity index (χ1v) is 13.4. The average molecular weight is 515 g/mol. The van der Waals surface area contributed by atoms with Gasteiger partial charge in [0.2, 0.25) is 0 Å². The van der Waals surface area contributed by atoms with Crippen LogP contribution < -0.4 is 0 Å². The van der Waals surface area contributed by atoms with Gasteiger partial charge in [0.05, 0.1) is 47.3 Å². The summed E-state index contributed by atoms with van der Waals surface area (Å²) in [6.45, 7) is 7.98. The van der Waals surface area contributed by atoms with Gasteiger partial charge in [0.25, 0.3) is 0 Å². The van der Waals surface area contributed by atoms with E-state index in [4.69, 9.17) is 0 Å². The van der Waals surface area contributed by atoms with Crippen molar-refractivity contribution in [1.29, 1.82) is 0 Å². The van der Waals surface area contributed by atoms with Crippen molar-refractivity contribution in [3.63, 3.8) is 0 Å². The second kappa shape index (κ2) is 8.68. The van der Waals surface area contributed by atoms with Gasteiger partial charge >= 0.3 is 0 Å². The third-order valence-corrected chi connectivity index (χ3v) is 11.2. The van der Waals surface area contributed by atoms with E-state index in [1.807, 2.05) is 6.92 Å². The second-order valence-electron chi connectivity index (χ2n) is 13.8. The number of fused-ring (bicyclic) bond motifs is 5. The van der Waals surface area contributed by atoms with Gasteiger partial charge < -0.3 is 40.9 Å². The molecule has 0 amide bonds. The van der Waals surface area contributed by atoms with E-state index in [9.17, 15) is 45.6 Å². The molecule has 0 aromatic carbocycles. The van der Waals surface area contributed by atoms with Crippen LogP contribution in [0.1, 0.15) is 79.6 Å². The third kappa shape index (κ3) is 3.92. The Kier molecular flexibility index (Phi) is 6.84. The lowest BCUT2D eigenvalue weighted by molar-refractivity contribution is -0.259. The van der Waals surface area contributed by atoms with Crippen LogP contribution >= 0.6 is 0 Å². The predicted octanol–water partition coefficient (Wildman–Crippen LogP) is -0.124. The maximum Gasteiger partial charge on any atom is 0.137 e. The van der Waals surface area contributed by atoms with Crippen LogP contribution in [-0.2, 0) is 4.79 Å². The molecule has 0 heterocycles. The number of carbonyl (C=O) groups excluding carboxylic acids is 1. The Morgan fingerprint density at radius 3 is 2.17 bits per heavy atom. The Balaban J connectivity index is 1.67. The molecule has 9 heteroatoms. The van der Waals surface area contributed by atoms with Gasteiger partial charge in [0.15, 0.2) is 0 Å².